The maximum Gasteiger partial charge on any atom is 0.191 e. The van der Waals surface area contributed by atoms with Gasteiger partial charge in [-0.25, -0.2) is 4.98 Å². The van der Waals surface area contributed by atoms with Crippen LogP contribution < -0.4 is 5.43 Å². The van der Waals surface area contributed by atoms with Gasteiger partial charge in [-0.2, -0.15) is 0 Å². The standard InChI is InChI=1S/C21H18N2O/c1-21(2)12-11-15-19-18(13-7-3-4-8-14(13)20(15)24)22-16-9-5-6-10-17(16)23(19)21/h3-10H,11-12H2,1-2H3. The molecule has 0 bridgehead atoms. The monoisotopic (exact) mass is 314 g/mol. The lowest BCUT2D eigenvalue weighted by Gasteiger charge is -2.38. The van der Waals surface area contributed by atoms with Crippen LogP contribution in [0.2, 0.25) is 0 Å². The zero-order valence-corrected chi connectivity index (χ0v) is 13.8. The molecule has 0 N–H and O–H groups in total. The van der Waals surface area contributed by atoms with Crippen molar-refractivity contribution in [3.05, 3.63) is 64.3 Å². The van der Waals surface area contributed by atoms with Crippen LogP contribution in [0.25, 0.3) is 33.2 Å². The quantitative estimate of drug-likeness (QED) is 0.357. The van der Waals surface area contributed by atoms with Crippen LogP contribution in [0.5, 0.6) is 0 Å². The van der Waals surface area contributed by atoms with Crippen molar-refractivity contribution in [3.8, 4) is 11.4 Å². The first-order chi connectivity index (χ1) is 11.6. The van der Waals surface area contributed by atoms with E-state index in [4.69, 9.17) is 4.98 Å². The van der Waals surface area contributed by atoms with E-state index in [0.717, 1.165) is 51.6 Å². The van der Waals surface area contributed by atoms with Crippen LogP contribution in [-0.4, -0.2) is 9.55 Å². The van der Waals surface area contributed by atoms with E-state index in [1.165, 1.54) is 0 Å². The van der Waals surface area contributed by atoms with Crippen molar-refractivity contribution >= 4 is 21.8 Å². The Hall–Kier alpha value is -2.68. The highest BCUT2D eigenvalue weighted by molar-refractivity contribution is 5.99. The molecule has 0 atom stereocenters. The number of aromatic nitrogens is 2. The van der Waals surface area contributed by atoms with E-state index in [2.05, 4.69) is 30.5 Å². The van der Waals surface area contributed by atoms with Crippen molar-refractivity contribution in [1.29, 1.82) is 0 Å². The fourth-order valence-corrected chi connectivity index (χ4v) is 4.17. The Bertz CT molecular complexity index is 1150. The van der Waals surface area contributed by atoms with Gasteiger partial charge in [0.25, 0.3) is 0 Å². The lowest BCUT2D eigenvalue weighted by atomic mass is 9.85. The van der Waals surface area contributed by atoms with Crippen LogP contribution in [0.4, 0.5) is 0 Å². The van der Waals surface area contributed by atoms with Crippen molar-refractivity contribution in [2.24, 2.45) is 0 Å². The average molecular weight is 314 g/mol. The second-order valence-corrected chi connectivity index (χ2v) is 7.30. The molecule has 1 aliphatic carbocycles. The number of para-hydroxylation sites is 2. The molecule has 0 unspecified atom stereocenters. The molecular formula is C21H18N2O. The summed E-state index contributed by atoms with van der Waals surface area (Å²) in [7, 11) is 0. The fourth-order valence-electron chi connectivity index (χ4n) is 4.17. The first-order valence-electron chi connectivity index (χ1n) is 8.43. The summed E-state index contributed by atoms with van der Waals surface area (Å²) in [6, 6.07) is 16.1. The van der Waals surface area contributed by atoms with E-state index in [1.807, 2.05) is 36.4 Å². The Morgan fingerprint density at radius 2 is 1.71 bits per heavy atom. The Morgan fingerprint density at radius 1 is 1.00 bits per heavy atom. The molecule has 0 saturated heterocycles. The minimum absolute atomic E-state index is 0.0390. The molecule has 118 valence electrons. The minimum atomic E-state index is -0.0390. The van der Waals surface area contributed by atoms with Crippen molar-refractivity contribution in [3.63, 3.8) is 0 Å². The van der Waals surface area contributed by atoms with Gasteiger partial charge in [-0.1, -0.05) is 36.4 Å². The number of fused-ring (bicyclic) bond motifs is 4. The summed E-state index contributed by atoms with van der Waals surface area (Å²) in [5.41, 5.74) is 5.10. The highest BCUT2D eigenvalue weighted by Gasteiger charge is 2.34. The van der Waals surface area contributed by atoms with Gasteiger partial charge >= 0.3 is 0 Å². The van der Waals surface area contributed by atoms with E-state index in [9.17, 15) is 4.79 Å². The molecule has 3 heteroatoms. The highest BCUT2D eigenvalue weighted by atomic mass is 16.1. The Kier molecular flexibility index (Phi) is 2.54. The van der Waals surface area contributed by atoms with Crippen LogP contribution in [0.1, 0.15) is 25.8 Å². The van der Waals surface area contributed by atoms with Gasteiger partial charge in [0.05, 0.1) is 22.4 Å². The van der Waals surface area contributed by atoms with Gasteiger partial charge in [-0.3, -0.25) is 4.79 Å². The molecule has 2 aromatic rings. The molecule has 24 heavy (non-hydrogen) atoms. The summed E-state index contributed by atoms with van der Waals surface area (Å²) < 4.78 is 2.34. The number of hydrogen-bond acceptors (Lipinski definition) is 2. The van der Waals surface area contributed by atoms with Gasteiger partial charge in [-0.15, -0.1) is 0 Å². The smallest absolute Gasteiger partial charge is 0.191 e. The number of hydrogen-bond donors (Lipinski definition) is 0. The van der Waals surface area contributed by atoms with Crippen LogP contribution in [-0.2, 0) is 12.0 Å². The van der Waals surface area contributed by atoms with Crippen LogP contribution in [0.3, 0.4) is 0 Å². The summed E-state index contributed by atoms with van der Waals surface area (Å²) >= 11 is 0. The second kappa shape index (κ2) is 4.44. The summed E-state index contributed by atoms with van der Waals surface area (Å²) in [6.07, 6.45) is 1.77. The SMILES string of the molecule is CC1(C)CCc2c3n1c1ccccc1nc-3c1ccccc1c2=O. The fraction of sp³-hybridized carbons (Fsp3) is 0.238. The maximum atomic E-state index is 13.1. The normalized spacial score (nSPS) is 16.1. The molecule has 0 aromatic heterocycles. The molecule has 3 nitrogen and oxygen atoms in total. The van der Waals surface area contributed by atoms with Crippen molar-refractivity contribution in [2.45, 2.75) is 32.2 Å². The van der Waals surface area contributed by atoms with Crippen LogP contribution in [0, 0.1) is 0 Å². The highest BCUT2D eigenvalue weighted by Crippen LogP contribution is 2.41. The van der Waals surface area contributed by atoms with Gasteiger partial charge in [-0.05, 0) is 38.8 Å². The Labute approximate surface area is 139 Å². The summed E-state index contributed by atoms with van der Waals surface area (Å²) in [5.74, 6) is 0. The van der Waals surface area contributed by atoms with Gasteiger partial charge in [0.1, 0.15) is 0 Å². The molecule has 0 amide bonds. The first-order valence-corrected chi connectivity index (χ1v) is 8.43. The zero-order valence-electron chi connectivity index (χ0n) is 13.8. The van der Waals surface area contributed by atoms with E-state index >= 15 is 0 Å². The predicted molar refractivity (Wildman–Crippen MR) is 97.8 cm³/mol. The number of nitrogens with zero attached hydrogens (tertiary/aromatic N) is 2. The Morgan fingerprint density at radius 3 is 2.54 bits per heavy atom. The molecule has 3 aliphatic rings. The van der Waals surface area contributed by atoms with Crippen LogP contribution >= 0.6 is 0 Å². The molecule has 2 aliphatic heterocycles. The molecule has 0 fully saturated rings. The lowest BCUT2D eigenvalue weighted by Crippen LogP contribution is -2.36. The molecule has 5 rings (SSSR count). The third-order valence-corrected chi connectivity index (χ3v) is 5.38. The zero-order chi connectivity index (χ0) is 16.5. The second-order valence-electron chi connectivity index (χ2n) is 7.30. The predicted octanol–water partition coefficient (Wildman–Crippen LogP) is 4.34. The van der Waals surface area contributed by atoms with E-state index < -0.39 is 0 Å². The summed E-state index contributed by atoms with van der Waals surface area (Å²) in [6.45, 7) is 4.50. The number of rotatable bonds is 0. The summed E-state index contributed by atoms with van der Waals surface area (Å²) in [4.78, 5) is 18.0. The maximum absolute atomic E-state index is 13.1. The molecule has 2 aromatic carbocycles. The van der Waals surface area contributed by atoms with Gasteiger partial charge in [0.2, 0.25) is 0 Å². The largest absolute Gasteiger partial charge is 0.332 e. The van der Waals surface area contributed by atoms with Gasteiger partial charge in [0, 0.05) is 21.9 Å². The van der Waals surface area contributed by atoms with Crippen molar-refractivity contribution in [1.82, 2.24) is 9.55 Å². The van der Waals surface area contributed by atoms with E-state index in [0.29, 0.717) is 0 Å². The number of benzene rings is 3. The molecular weight excluding hydrogens is 296 g/mol. The van der Waals surface area contributed by atoms with Crippen molar-refractivity contribution < 1.29 is 0 Å². The molecule has 2 heterocycles. The molecule has 0 radical (unpaired) electrons. The molecule has 0 spiro atoms. The third-order valence-electron chi connectivity index (χ3n) is 5.38. The molecule has 0 saturated carbocycles. The van der Waals surface area contributed by atoms with Crippen LogP contribution in [0.15, 0.2) is 53.3 Å². The van der Waals surface area contributed by atoms with E-state index in [-0.39, 0.29) is 11.0 Å². The van der Waals surface area contributed by atoms with Gasteiger partial charge < -0.3 is 4.57 Å². The first kappa shape index (κ1) is 13.7. The third kappa shape index (κ3) is 1.62. The Balaban J connectivity index is 2.16. The average Bonchev–Trinajstić information content (AvgIpc) is 2.59. The summed E-state index contributed by atoms with van der Waals surface area (Å²) in [5, 5.41) is 1.74. The minimum Gasteiger partial charge on any atom is -0.332 e. The van der Waals surface area contributed by atoms with E-state index in [1.54, 1.807) is 0 Å². The lowest BCUT2D eigenvalue weighted by molar-refractivity contribution is 0.324. The van der Waals surface area contributed by atoms with Crippen molar-refractivity contribution in [2.75, 3.05) is 0 Å². The topological polar surface area (TPSA) is 34.9 Å². The van der Waals surface area contributed by atoms with Gasteiger partial charge in [0.15, 0.2) is 5.43 Å².